The van der Waals surface area contributed by atoms with Crippen LogP contribution in [0.15, 0.2) is 41.1 Å². The summed E-state index contributed by atoms with van der Waals surface area (Å²) in [6.07, 6.45) is 4.13. The molecule has 3 N–H and O–H groups in total. The molecule has 0 aliphatic carbocycles. The number of pyridine rings is 1. The summed E-state index contributed by atoms with van der Waals surface area (Å²) in [5.74, 6) is 5.62. The summed E-state index contributed by atoms with van der Waals surface area (Å²) >= 11 is 15.5. The van der Waals surface area contributed by atoms with Gasteiger partial charge in [0.15, 0.2) is 0 Å². The minimum atomic E-state index is -0.0824. The Labute approximate surface area is 130 Å². The standard InChI is InChI=1S/C13H12BrCl2N3/c14-10-3-9(6-18-7-10)13(19-17)5-8-4-11(15)1-2-12(8)16/h1-4,6-7,13,19H,5,17H2. The van der Waals surface area contributed by atoms with Gasteiger partial charge in [-0.2, -0.15) is 0 Å². The third kappa shape index (κ3) is 3.91. The van der Waals surface area contributed by atoms with E-state index in [4.69, 9.17) is 29.0 Å². The van der Waals surface area contributed by atoms with Gasteiger partial charge in [0.1, 0.15) is 0 Å². The lowest BCUT2D eigenvalue weighted by molar-refractivity contribution is 0.550. The lowest BCUT2D eigenvalue weighted by atomic mass is 10.0. The van der Waals surface area contributed by atoms with Crippen molar-refractivity contribution in [2.75, 3.05) is 0 Å². The molecule has 1 atom stereocenters. The fraction of sp³-hybridized carbons (Fsp3) is 0.154. The quantitative estimate of drug-likeness (QED) is 0.642. The van der Waals surface area contributed by atoms with Crippen molar-refractivity contribution in [2.24, 2.45) is 5.84 Å². The molecule has 1 heterocycles. The highest BCUT2D eigenvalue weighted by atomic mass is 79.9. The van der Waals surface area contributed by atoms with Gasteiger partial charge in [0.05, 0.1) is 6.04 Å². The van der Waals surface area contributed by atoms with Crippen molar-refractivity contribution in [1.82, 2.24) is 10.4 Å². The number of halogens is 3. The van der Waals surface area contributed by atoms with E-state index in [0.29, 0.717) is 16.5 Å². The Balaban J connectivity index is 2.26. The van der Waals surface area contributed by atoms with E-state index in [1.807, 2.05) is 12.1 Å². The second-order valence-corrected chi connectivity index (χ2v) is 5.85. The molecule has 3 nitrogen and oxygen atoms in total. The minimum absolute atomic E-state index is 0.0824. The maximum absolute atomic E-state index is 6.16. The van der Waals surface area contributed by atoms with Crippen molar-refractivity contribution < 1.29 is 0 Å². The van der Waals surface area contributed by atoms with Crippen LogP contribution < -0.4 is 11.3 Å². The maximum Gasteiger partial charge on any atom is 0.0516 e. The highest BCUT2D eigenvalue weighted by Crippen LogP contribution is 2.26. The Morgan fingerprint density at radius 1 is 1.26 bits per heavy atom. The molecular weight excluding hydrogens is 349 g/mol. The normalized spacial score (nSPS) is 12.4. The first kappa shape index (κ1) is 14.8. The van der Waals surface area contributed by atoms with Crippen LogP contribution in [0.1, 0.15) is 17.2 Å². The molecule has 19 heavy (non-hydrogen) atoms. The number of aromatic nitrogens is 1. The highest BCUT2D eigenvalue weighted by molar-refractivity contribution is 9.10. The van der Waals surface area contributed by atoms with Crippen LogP contribution in [-0.2, 0) is 6.42 Å². The second-order valence-electron chi connectivity index (χ2n) is 4.10. The lowest BCUT2D eigenvalue weighted by Crippen LogP contribution is -2.29. The fourth-order valence-electron chi connectivity index (χ4n) is 1.81. The van der Waals surface area contributed by atoms with Crippen molar-refractivity contribution in [3.05, 3.63) is 62.3 Å². The zero-order valence-electron chi connectivity index (χ0n) is 9.91. The summed E-state index contributed by atoms with van der Waals surface area (Å²) < 4.78 is 0.905. The zero-order chi connectivity index (χ0) is 13.8. The van der Waals surface area contributed by atoms with Crippen LogP contribution in [0.3, 0.4) is 0 Å². The molecule has 1 aromatic carbocycles. The average Bonchev–Trinajstić information content (AvgIpc) is 2.39. The summed E-state index contributed by atoms with van der Waals surface area (Å²) in [4.78, 5) is 4.13. The average molecular weight is 361 g/mol. The van der Waals surface area contributed by atoms with Gasteiger partial charge in [-0.1, -0.05) is 23.2 Å². The molecule has 0 amide bonds. The first-order chi connectivity index (χ1) is 9.10. The molecule has 0 radical (unpaired) electrons. The molecule has 0 aliphatic rings. The number of hydrogen-bond donors (Lipinski definition) is 2. The second kappa shape index (κ2) is 6.68. The van der Waals surface area contributed by atoms with Gasteiger partial charge in [-0.15, -0.1) is 0 Å². The van der Waals surface area contributed by atoms with E-state index >= 15 is 0 Å². The first-order valence-corrected chi connectivity index (χ1v) is 7.15. The van der Waals surface area contributed by atoms with Gasteiger partial charge in [0, 0.05) is 26.9 Å². The van der Waals surface area contributed by atoms with Crippen molar-refractivity contribution in [3.8, 4) is 0 Å². The molecule has 6 heteroatoms. The smallest absolute Gasteiger partial charge is 0.0516 e. The molecule has 1 aromatic heterocycles. The Hall–Kier alpha value is -0.650. The number of nitrogens with one attached hydrogen (secondary N) is 1. The molecule has 2 rings (SSSR count). The third-order valence-corrected chi connectivity index (χ3v) is 3.80. The number of benzene rings is 1. The topological polar surface area (TPSA) is 50.9 Å². The predicted octanol–water partition coefficient (Wildman–Crippen LogP) is 3.90. The third-order valence-electron chi connectivity index (χ3n) is 2.76. The summed E-state index contributed by atoms with van der Waals surface area (Å²) in [6.45, 7) is 0. The monoisotopic (exact) mass is 359 g/mol. The molecule has 0 saturated heterocycles. The van der Waals surface area contributed by atoms with E-state index in [-0.39, 0.29) is 6.04 Å². The van der Waals surface area contributed by atoms with Crippen LogP contribution in [-0.4, -0.2) is 4.98 Å². The molecule has 0 aliphatic heterocycles. The molecule has 0 spiro atoms. The molecule has 100 valence electrons. The van der Waals surface area contributed by atoms with Gasteiger partial charge in [-0.05, 0) is 57.7 Å². The van der Waals surface area contributed by atoms with Gasteiger partial charge in [-0.3, -0.25) is 16.3 Å². The number of hydrogen-bond acceptors (Lipinski definition) is 3. The van der Waals surface area contributed by atoms with E-state index in [2.05, 4.69) is 26.3 Å². The molecular formula is C13H12BrCl2N3. The summed E-state index contributed by atoms with van der Waals surface area (Å²) in [6, 6.07) is 7.28. The summed E-state index contributed by atoms with van der Waals surface area (Å²) in [7, 11) is 0. The largest absolute Gasteiger partial charge is 0.271 e. The van der Waals surface area contributed by atoms with Crippen LogP contribution in [0.5, 0.6) is 0 Å². The number of nitrogens with zero attached hydrogens (tertiary/aromatic N) is 1. The van der Waals surface area contributed by atoms with Gasteiger partial charge in [-0.25, -0.2) is 0 Å². The first-order valence-electron chi connectivity index (χ1n) is 5.60. The van der Waals surface area contributed by atoms with E-state index < -0.39 is 0 Å². The Morgan fingerprint density at radius 3 is 2.74 bits per heavy atom. The minimum Gasteiger partial charge on any atom is -0.271 e. The number of rotatable bonds is 4. The molecule has 1 unspecified atom stereocenters. The Morgan fingerprint density at radius 2 is 2.05 bits per heavy atom. The highest BCUT2D eigenvalue weighted by Gasteiger charge is 2.13. The fourth-order valence-corrected chi connectivity index (χ4v) is 2.58. The molecule has 0 saturated carbocycles. The van der Waals surface area contributed by atoms with Gasteiger partial charge in [0.2, 0.25) is 0 Å². The van der Waals surface area contributed by atoms with Crippen molar-refractivity contribution in [1.29, 1.82) is 0 Å². The molecule has 2 aromatic rings. The van der Waals surface area contributed by atoms with Gasteiger partial charge in [0.25, 0.3) is 0 Å². The van der Waals surface area contributed by atoms with Crippen LogP contribution >= 0.6 is 39.1 Å². The molecule has 0 bridgehead atoms. The zero-order valence-corrected chi connectivity index (χ0v) is 13.0. The van der Waals surface area contributed by atoms with Gasteiger partial charge >= 0.3 is 0 Å². The van der Waals surface area contributed by atoms with Crippen molar-refractivity contribution in [2.45, 2.75) is 12.5 Å². The van der Waals surface area contributed by atoms with Crippen LogP contribution in [0.2, 0.25) is 10.0 Å². The Kier molecular flexibility index (Phi) is 5.19. The van der Waals surface area contributed by atoms with E-state index in [0.717, 1.165) is 15.6 Å². The maximum atomic E-state index is 6.16. The van der Waals surface area contributed by atoms with Crippen LogP contribution in [0.25, 0.3) is 0 Å². The van der Waals surface area contributed by atoms with E-state index in [9.17, 15) is 0 Å². The summed E-state index contributed by atoms with van der Waals surface area (Å²) in [5.41, 5.74) is 4.70. The van der Waals surface area contributed by atoms with E-state index in [1.54, 1.807) is 24.5 Å². The van der Waals surface area contributed by atoms with Crippen LogP contribution in [0, 0.1) is 0 Å². The van der Waals surface area contributed by atoms with Crippen LogP contribution in [0.4, 0.5) is 0 Å². The van der Waals surface area contributed by atoms with E-state index in [1.165, 1.54) is 0 Å². The number of nitrogens with two attached hydrogens (primary N) is 1. The Bertz CT molecular complexity index is 578. The molecule has 0 fully saturated rings. The SMILES string of the molecule is NNC(Cc1cc(Cl)ccc1Cl)c1cncc(Br)c1. The predicted molar refractivity (Wildman–Crippen MR) is 82.2 cm³/mol. The van der Waals surface area contributed by atoms with Crippen molar-refractivity contribution in [3.63, 3.8) is 0 Å². The van der Waals surface area contributed by atoms with Crippen molar-refractivity contribution >= 4 is 39.1 Å². The van der Waals surface area contributed by atoms with Gasteiger partial charge < -0.3 is 0 Å². The summed E-state index contributed by atoms with van der Waals surface area (Å²) in [5, 5.41) is 1.33. The number of hydrazine groups is 1. The lowest BCUT2D eigenvalue weighted by Gasteiger charge is -2.17.